The summed E-state index contributed by atoms with van der Waals surface area (Å²) in [5, 5.41) is 21.3. The van der Waals surface area contributed by atoms with E-state index in [1.54, 1.807) is 48.5 Å². The average molecular weight is 410 g/mol. The fraction of sp³-hybridized carbons (Fsp3) is 0.0909. The number of phenols is 1. The van der Waals surface area contributed by atoms with E-state index in [1.807, 2.05) is 0 Å². The van der Waals surface area contributed by atoms with Crippen molar-refractivity contribution >= 4 is 29.1 Å². The van der Waals surface area contributed by atoms with Crippen LogP contribution >= 0.6 is 11.6 Å². The molecule has 1 aliphatic rings. The third-order valence-corrected chi connectivity index (χ3v) is 5.00. The van der Waals surface area contributed by atoms with E-state index in [4.69, 9.17) is 16.0 Å². The Morgan fingerprint density at radius 2 is 1.83 bits per heavy atom. The van der Waals surface area contributed by atoms with Crippen LogP contribution in [0.5, 0.6) is 5.75 Å². The molecule has 1 aromatic heterocycles. The monoisotopic (exact) mass is 409 g/mol. The summed E-state index contributed by atoms with van der Waals surface area (Å²) in [6.07, 6.45) is 1.48. The fourth-order valence-electron chi connectivity index (χ4n) is 3.42. The number of halogens is 1. The predicted octanol–water partition coefficient (Wildman–Crippen LogP) is 4.26. The van der Waals surface area contributed by atoms with Crippen molar-refractivity contribution in [2.45, 2.75) is 12.6 Å². The molecule has 7 heteroatoms. The number of carbonyl (C=O) groups is 2. The predicted molar refractivity (Wildman–Crippen MR) is 106 cm³/mol. The topological polar surface area (TPSA) is 91.0 Å². The van der Waals surface area contributed by atoms with Gasteiger partial charge in [0.05, 0.1) is 24.4 Å². The lowest BCUT2D eigenvalue weighted by Gasteiger charge is -2.24. The molecule has 3 aromatic rings. The fourth-order valence-corrected chi connectivity index (χ4v) is 3.54. The quantitative estimate of drug-likeness (QED) is 0.381. The number of nitrogens with zero attached hydrogens (tertiary/aromatic N) is 1. The van der Waals surface area contributed by atoms with Gasteiger partial charge in [0.2, 0.25) is 0 Å². The molecule has 1 unspecified atom stereocenters. The van der Waals surface area contributed by atoms with Crippen LogP contribution in [0.25, 0.3) is 5.76 Å². The zero-order valence-corrected chi connectivity index (χ0v) is 15.8. The van der Waals surface area contributed by atoms with Crippen molar-refractivity contribution in [1.29, 1.82) is 0 Å². The number of rotatable bonds is 4. The molecule has 1 atom stereocenters. The normalized spacial score (nSPS) is 18.4. The van der Waals surface area contributed by atoms with Crippen LogP contribution in [0.3, 0.4) is 0 Å². The molecule has 1 saturated heterocycles. The lowest BCUT2D eigenvalue weighted by Crippen LogP contribution is -2.29. The highest BCUT2D eigenvalue weighted by Crippen LogP contribution is 2.41. The molecule has 4 rings (SSSR count). The summed E-state index contributed by atoms with van der Waals surface area (Å²) in [5.41, 5.74) is 0.788. The van der Waals surface area contributed by atoms with E-state index in [1.165, 1.54) is 23.3 Å². The first-order valence-corrected chi connectivity index (χ1v) is 9.19. The van der Waals surface area contributed by atoms with Crippen molar-refractivity contribution in [2.75, 3.05) is 0 Å². The first kappa shape index (κ1) is 18.8. The number of benzene rings is 2. The van der Waals surface area contributed by atoms with Crippen molar-refractivity contribution in [2.24, 2.45) is 0 Å². The van der Waals surface area contributed by atoms with Crippen molar-refractivity contribution < 1.29 is 24.2 Å². The number of aromatic hydroxyl groups is 1. The number of amides is 1. The van der Waals surface area contributed by atoms with E-state index >= 15 is 0 Å². The summed E-state index contributed by atoms with van der Waals surface area (Å²) < 4.78 is 5.33. The summed E-state index contributed by atoms with van der Waals surface area (Å²) in [4.78, 5) is 27.0. The Kier molecular flexibility index (Phi) is 4.86. The third kappa shape index (κ3) is 3.50. The third-order valence-electron chi connectivity index (χ3n) is 4.75. The Labute approximate surface area is 171 Å². The molecule has 0 radical (unpaired) electrons. The molecule has 29 heavy (non-hydrogen) atoms. The number of furan rings is 1. The van der Waals surface area contributed by atoms with Gasteiger partial charge in [-0.15, -0.1) is 0 Å². The number of likely N-dealkylation sites (tertiary alicyclic amines) is 1. The Morgan fingerprint density at radius 1 is 1.07 bits per heavy atom. The Morgan fingerprint density at radius 3 is 2.48 bits per heavy atom. The Hall–Kier alpha value is -3.51. The van der Waals surface area contributed by atoms with Gasteiger partial charge >= 0.3 is 0 Å². The van der Waals surface area contributed by atoms with E-state index in [0.29, 0.717) is 21.9 Å². The largest absolute Gasteiger partial charge is 0.508 e. The van der Waals surface area contributed by atoms with Crippen LogP contribution in [0.4, 0.5) is 0 Å². The van der Waals surface area contributed by atoms with Crippen LogP contribution in [0.1, 0.15) is 22.9 Å². The summed E-state index contributed by atoms with van der Waals surface area (Å²) in [5.74, 6) is -1.40. The second-order valence-electron chi connectivity index (χ2n) is 6.61. The number of ketones is 1. The lowest BCUT2D eigenvalue weighted by atomic mass is 9.95. The Balaban J connectivity index is 1.87. The van der Waals surface area contributed by atoms with Crippen molar-refractivity contribution in [1.82, 2.24) is 4.90 Å². The number of hydrogen-bond donors (Lipinski definition) is 2. The highest BCUT2D eigenvalue weighted by atomic mass is 35.5. The number of carbonyl (C=O) groups excluding carboxylic acids is 2. The summed E-state index contributed by atoms with van der Waals surface area (Å²) in [6.45, 7) is 0.0370. The highest BCUT2D eigenvalue weighted by Gasteiger charge is 2.46. The second-order valence-corrected chi connectivity index (χ2v) is 7.04. The van der Waals surface area contributed by atoms with Crippen molar-refractivity contribution in [3.8, 4) is 5.75 Å². The molecule has 1 amide bonds. The minimum Gasteiger partial charge on any atom is -0.508 e. The average Bonchev–Trinajstić information content (AvgIpc) is 3.30. The van der Waals surface area contributed by atoms with Crippen molar-refractivity contribution in [3.05, 3.63) is 94.4 Å². The van der Waals surface area contributed by atoms with E-state index in [9.17, 15) is 19.8 Å². The van der Waals surface area contributed by atoms with Crippen LogP contribution < -0.4 is 0 Å². The molecule has 146 valence electrons. The zero-order chi connectivity index (χ0) is 20.5. The second kappa shape index (κ2) is 7.48. The van der Waals surface area contributed by atoms with Gasteiger partial charge in [-0.1, -0.05) is 23.7 Å². The van der Waals surface area contributed by atoms with Crippen molar-refractivity contribution in [3.63, 3.8) is 0 Å². The first-order chi connectivity index (χ1) is 14.0. The minimum atomic E-state index is -0.886. The molecular weight excluding hydrogens is 394 g/mol. The molecule has 2 N–H and O–H groups in total. The lowest BCUT2D eigenvalue weighted by molar-refractivity contribution is -0.140. The van der Waals surface area contributed by atoms with Gasteiger partial charge in [-0.2, -0.15) is 0 Å². The minimum absolute atomic E-state index is 0.0161. The van der Waals surface area contributed by atoms with Gasteiger partial charge in [-0.3, -0.25) is 9.59 Å². The molecular formula is C22H16ClNO5. The van der Waals surface area contributed by atoms with Gasteiger partial charge in [-0.05, 0) is 54.1 Å². The summed E-state index contributed by atoms with van der Waals surface area (Å²) in [7, 11) is 0. The van der Waals surface area contributed by atoms with Crippen LogP contribution in [0, 0.1) is 0 Å². The number of aliphatic hydroxyl groups excluding tert-OH is 1. The molecule has 6 nitrogen and oxygen atoms in total. The smallest absolute Gasteiger partial charge is 0.296 e. The van der Waals surface area contributed by atoms with Crippen LogP contribution in [0.2, 0.25) is 5.02 Å². The van der Waals surface area contributed by atoms with E-state index < -0.39 is 17.7 Å². The molecule has 1 aliphatic heterocycles. The molecule has 0 bridgehead atoms. The molecule has 0 spiro atoms. The maximum atomic E-state index is 12.9. The first-order valence-electron chi connectivity index (χ1n) is 8.81. The van der Waals surface area contributed by atoms with Crippen LogP contribution in [-0.2, 0) is 16.1 Å². The number of Topliss-reactive ketones (excluding diaryl/α,β-unsaturated/α-hetero) is 1. The van der Waals surface area contributed by atoms with Gasteiger partial charge in [-0.25, -0.2) is 0 Å². The summed E-state index contributed by atoms with van der Waals surface area (Å²) in [6, 6.07) is 15.0. The maximum absolute atomic E-state index is 12.9. The van der Waals surface area contributed by atoms with Crippen LogP contribution in [0.15, 0.2) is 76.9 Å². The number of hydrogen-bond acceptors (Lipinski definition) is 5. The van der Waals surface area contributed by atoms with Crippen LogP contribution in [-0.4, -0.2) is 26.8 Å². The van der Waals surface area contributed by atoms with Gasteiger partial charge in [0.1, 0.15) is 17.3 Å². The Bertz CT molecular complexity index is 1100. The molecule has 1 fully saturated rings. The van der Waals surface area contributed by atoms with E-state index in [2.05, 4.69) is 0 Å². The molecule has 2 heterocycles. The SMILES string of the molecule is O=C1C(=O)N(Cc2ccco2)C(c2cccc(O)c2)C1=C(O)c1ccc(Cl)cc1. The van der Waals surface area contributed by atoms with Gasteiger partial charge in [0.15, 0.2) is 0 Å². The standard InChI is InChI=1S/C22H16ClNO5/c23-15-8-6-13(7-9-15)20(26)18-19(14-3-1-4-16(25)11-14)24(22(28)21(18)27)12-17-5-2-10-29-17/h1-11,19,25-26H,12H2. The molecule has 0 aliphatic carbocycles. The molecule has 0 saturated carbocycles. The maximum Gasteiger partial charge on any atom is 0.296 e. The van der Waals surface area contributed by atoms with Gasteiger partial charge in [0.25, 0.3) is 11.7 Å². The van der Waals surface area contributed by atoms with E-state index in [0.717, 1.165) is 0 Å². The van der Waals surface area contributed by atoms with Gasteiger partial charge in [0, 0.05) is 10.6 Å². The van der Waals surface area contributed by atoms with Gasteiger partial charge < -0.3 is 19.5 Å². The number of phenolic OH excluding ortho intramolecular Hbond substituents is 1. The zero-order valence-electron chi connectivity index (χ0n) is 15.1. The highest BCUT2D eigenvalue weighted by molar-refractivity contribution is 6.46. The van der Waals surface area contributed by atoms with E-state index in [-0.39, 0.29) is 23.6 Å². The summed E-state index contributed by atoms with van der Waals surface area (Å²) >= 11 is 5.91. The number of aliphatic hydroxyl groups is 1. The molecule has 2 aromatic carbocycles.